The van der Waals surface area contributed by atoms with Crippen molar-refractivity contribution < 1.29 is 4.21 Å². The van der Waals surface area contributed by atoms with E-state index < -0.39 is 10.8 Å². The number of fused-ring (bicyclic) bond motifs is 1. The summed E-state index contributed by atoms with van der Waals surface area (Å²) in [7, 11) is -0.971. The Morgan fingerprint density at radius 2 is 2.25 bits per heavy atom. The first-order valence-electron chi connectivity index (χ1n) is 3.42. The van der Waals surface area contributed by atoms with Crippen molar-refractivity contribution in [2.45, 2.75) is 11.3 Å². The van der Waals surface area contributed by atoms with E-state index in [1.165, 1.54) is 6.07 Å². The molecule has 1 aromatic heterocycles. The van der Waals surface area contributed by atoms with Crippen LogP contribution in [0.4, 0.5) is 0 Å². The molecule has 0 aromatic carbocycles. The molecule has 0 N–H and O–H groups in total. The van der Waals surface area contributed by atoms with Crippen molar-refractivity contribution in [3.8, 4) is 0 Å². The third-order valence-electron chi connectivity index (χ3n) is 1.72. The Hall–Kier alpha value is -0.120. The summed E-state index contributed by atoms with van der Waals surface area (Å²) in [5.41, 5.74) is 0.783. The zero-order valence-electron chi connectivity index (χ0n) is 6.01. The first-order valence-corrected chi connectivity index (χ1v) is 5.49. The maximum atomic E-state index is 11.3. The largest absolute Gasteiger partial charge is 0.254 e. The van der Waals surface area contributed by atoms with Crippen molar-refractivity contribution in [2.24, 2.45) is 0 Å². The molecule has 0 saturated heterocycles. The molecule has 0 spiro atoms. The molecule has 1 atom stereocenters. The minimum absolute atomic E-state index is 0.373. The lowest BCUT2D eigenvalue weighted by Gasteiger charge is -1.99. The fourth-order valence-electron chi connectivity index (χ4n) is 1.22. The predicted molar refractivity (Wildman–Crippen MR) is 49.2 cm³/mol. The lowest BCUT2D eigenvalue weighted by atomic mass is 10.3. The van der Waals surface area contributed by atoms with Crippen LogP contribution in [0.25, 0.3) is 0 Å². The summed E-state index contributed by atoms with van der Waals surface area (Å²) in [6.45, 7) is 0. The normalized spacial score (nSPS) is 21.0. The third kappa shape index (κ3) is 1.26. The maximum Gasteiger partial charge on any atom is 0.130 e. The smallest absolute Gasteiger partial charge is 0.130 e. The number of rotatable bonds is 0. The van der Waals surface area contributed by atoms with Gasteiger partial charge in [-0.2, -0.15) is 0 Å². The molecule has 0 aliphatic carbocycles. The van der Waals surface area contributed by atoms with Crippen LogP contribution in [-0.2, 0) is 17.2 Å². The van der Waals surface area contributed by atoms with Crippen LogP contribution in [0.3, 0.4) is 0 Å². The summed E-state index contributed by atoms with van der Waals surface area (Å²) in [6.07, 6.45) is 0.711. The molecule has 0 fully saturated rings. The predicted octanol–water partition coefficient (Wildman–Crippen LogP) is 2.05. The van der Waals surface area contributed by atoms with E-state index in [0.717, 1.165) is 5.69 Å². The van der Waals surface area contributed by atoms with Crippen LogP contribution in [-0.4, -0.2) is 14.9 Å². The van der Waals surface area contributed by atoms with Gasteiger partial charge in [0.15, 0.2) is 0 Å². The Balaban J connectivity index is 2.68. The molecule has 1 aliphatic heterocycles. The van der Waals surface area contributed by atoms with E-state index in [-0.39, 0.29) is 0 Å². The fourth-order valence-corrected chi connectivity index (χ4v) is 3.23. The SMILES string of the molecule is O=S1CCc2nc(Cl)cc(Cl)c21. The molecule has 1 unspecified atom stereocenters. The number of pyridine rings is 1. The fraction of sp³-hybridized carbons (Fsp3) is 0.286. The Morgan fingerprint density at radius 3 is 3.00 bits per heavy atom. The Labute approximate surface area is 82.4 Å². The summed E-state index contributed by atoms with van der Waals surface area (Å²) in [5.74, 6) is 0.613. The molecule has 0 radical (unpaired) electrons. The van der Waals surface area contributed by atoms with Crippen molar-refractivity contribution in [1.82, 2.24) is 4.98 Å². The summed E-state index contributed by atoms with van der Waals surface area (Å²) in [5, 5.41) is 0.846. The van der Waals surface area contributed by atoms with Gasteiger partial charge in [-0.05, 0) is 6.07 Å². The first kappa shape index (κ1) is 8.48. The zero-order valence-corrected chi connectivity index (χ0v) is 8.34. The van der Waals surface area contributed by atoms with Gasteiger partial charge in [-0.15, -0.1) is 0 Å². The molecule has 1 aliphatic rings. The Bertz CT molecular complexity index is 367. The van der Waals surface area contributed by atoms with Crippen molar-refractivity contribution >= 4 is 34.0 Å². The molecule has 2 heterocycles. The van der Waals surface area contributed by atoms with Crippen LogP contribution in [0.2, 0.25) is 10.2 Å². The number of hydrogen-bond acceptors (Lipinski definition) is 2. The summed E-state index contributed by atoms with van der Waals surface area (Å²) in [4.78, 5) is 4.72. The van der Waals surface area contributed by atoms with E-state index in [4.69, 9.17) is 23.2 Å². The minimum Gasteiger partial charge on any atom is -0.254 e. The molecule has 0 saturated carbocycles. The van der Waals surface area contributed by atoms with E-state index in [2.05, 4.69) is 4.98 Å². The highest BCUT2D eigenvalue weighted by atomic mass is 35.5. The third-order valence-corrected chi connectivity index (χ3v) is 3.81. The first-order chi connectivity index (χ1) is 5.68. The van der Waals surface area contributed by atoms with E-state index in [1.807, 2.05) is 0 Å². The van der Waals surface area contributed by atoms with Gasteiger partial charge in [0.25, 0.3) is 0 Å². The van der Waals surface area contributed by atoms with Gasteiger partial charge in [-0.3, -0.25) is 4.21 Å². The molecular formula is C7H5Cl2NOS. The molecule has 1 aromatic rings. The van der Waals surface area contributed by atoms with E-state index >= 15 is 0 Å². The lowest BCUT2D eigenvalue weighted by Crippen LogP contribution is -1.90. The second-order valence-electron chi connectivity index (χ2n) is 2.50. The molecule has 64 valence electrons. The standard InChI is InChI=1S/C7H5Cl2NOS/c8-4-3-6(9)10-5-1-2-12(11)7(4)5/h3H,1-2H2. The molecular weight excluding hydrogens is 217 g/mol. The van der Waals surface area contributed by atoms with Crippen LogP contribution >= 0.6 is 23.2 Å². The van der Waals surface area contributed by atoms with Gasteiger partial charge in [0, 0.05) is 12.2 Å². The summed E-state index contributed by atoms with van der Waals surface area (Å²) < 4.78 is 11.3. The average Bonchev–Trinajstić information content (AvgIpc) is 2.31. The van der Waals surface area contributed by atoms with Gasteiger partial charge in [0.2, 0.25) is 0 Å². The van der Waals surface area contributed by atoms with Gasteiger partial charge in [-0.1, -0.05) is 23.2 Å². The molecule has 2 nitrogen and oxygen atoms in total. The molecule has 0 bridgehead atoms. The number of hydrogen-bond donors (Lipinski definition) is 0. The van der Waals surface area contributed by atoms with Crippen LogP contribution < -0.4 is 0 Å². The number of halogens is 2. The van der Waals surface area contributed by atoms with Gasteiger partial charge in [0.05, 0.1) is 26.4 Å². The quantitative estimate of drug-likeness (QED) is 0.629. The van der Waals surface area contributed by atoms with Crippen LogP contribution in [0.15, 0.2) is 11.0 Å². The Kier molecular flexibility index (Phi) is 2.10. The summed E-state index contributed by atoms with van der Waals surface area (Å²) in [6, 6.07) is 1.53. The second kappa shape index (κ2) is 2.98. The average molecular weight is 222 g/mol. The molecule has 2 rings (SSSR count). The number of nitrogens with zero attached hydrogens (tertiary/aromatic N) is 1. The monoisotopic (exact) mass is 221 g/mol. The van der Waals surface area contributed by atoms with E-state index in [9.17, 15) is 4.21 Å². The van der Waals surface area contributed by atoms with E-state index in [0.29, 0.717) is 27.2 Å². The van der Waals surface area contributed by atoms with Crippen molar-refractivity contribution in [1.29, 1.82) is 0 Å². The van der Waals surface area contributed by atoms with Crippen molar-refractivity contribution in [3.63, 3.8) is 0 Å². The van der Waals surface area contributed by atoms with Gasteiger partial charge in [0.1, 0.15) is 5.15 Å². The molecule has 12 heavy (non-hydrogen) atoms. The minimum atomic E-state index is -0.971. The van der Waals surface area contributed by atoms with Crippen LogP contribution in [0.1, 0.15) is 5.69 Å². The Morgan fingerprint density at radius 1 is 1.50 bits per heavy atom. The maximum absolute atomic E-state index is 11.3. The van der Waals surface area contributed by atoms with Crippen molar-refractivity contribution in [3.05, 3.63) is 21.9 Å². The zero-order chi connectivity index (χ0) is 8.72. The molecule has 0 amide bonds. The highest BCUT2D eigenvalue weighted by Gasteiger charge is 2.23. The summed E-state index contributed by atoms with van der Waals surface area (Å²) >= 11 is 11.5. The number of aromatic nitrogens is 1. The van der Waals surface area contributed by atoms with Gasteiger partial charge < -0.3 is 0 Å². The van der Waals surface area contributed by atoms with E-state index in [1.54, 1.807) is 0 Å². The van der Waals surface area contributed by atoms with Crippen LogP contribution in [0.5, 0.6) is 0 Å². The molecule has 5 heteroatoms. The van der Waals surface area contributed by atoms with Crippen LogP contribution in [0, 0.1) is 0 Å². The second-order valence-corrected chi connectivity index (χ2v) is 4.80. The number of aryl methyl sites for hydroxylation is 1. The topological polar surface area (TPSA) is 30.0 Å². The lowest BCUT2D eigenvalue weighted by molar-refractivity contribution is 0.685. The highest BCUT2D eigenvalue weighted by Crippen LogP contribution is 2.30. The van der Waals surface area contributed by atoms with Crippen molar-refractivity contribution in [2.75, 3.05) is 5.75 Å². The van der Waals surface area contributed by atoms with Gasteiger partial charge >= 0.3 is 0 Å². The highest BCUT2D eigenvalue weighted by molar-refractivity contribution is 7.85. The van der Waals surface area contributed by atoms with Gasteiger partial charge in [-0.25, -0.2) is 4.98 Å².